The molecule has 0 aromatic carbocycles. The fourth-order valence-corrected chi connectivity index (χ4v) is 2.95. The summed E-state index contributed by atoms with van der Waals surface area (Å²) in [5.41, 5.74) is 7.87. The average molecular weight is 211 g/mol. The normalized spacial score (nSPS) is 36.9. The number of hydrogen-bond acceptors (Lipinski definition) is 3. The summed E-state index contributed by atoms with van der Waals surface area (Å²) in [5.74, 6) is 6.20. The third-order valence-corrected chi connectivity index (χ3v) is 3.86. The zero-order chi connectivity index (χ0) is 10.8. The maximum Gasteiger partial charge on any atom is 0.203 e. The number of guanidine groups is 1. The Hall–Kier alpha value is -0.810. The molecular weight excluding hydrogens is 190 g/mol. The highest BCUT2D eigenvalue weighted by Crippen LogP contribution is 2.37. The average Bonchev–Trinajstić information content (AvgIpc) is 2.50. The Bertz CT molecular complexity index is 238. The van der Waals surface area contributed by atoms with Crippen molar-refractivity contribution in [1.29, 1.82) is 0 Å². The van der Waals surface area contributed by atoms with Gasteiger partial charge in [-0.1, -0.05) is 0 Å². The van der Waals surface area contributed by atoms with Crippen LogP contribution in [0.25, 0.3) is 0 Å². The van der Waals surface area contributed by atoms with Gasteiger partial charge in [0.15, 0.2) is 0 Å². The van der Waals surface area contributed by atoms with E-state index in [4.69, 9.17) is 11.6 Å². The number of hydrazine groups is 1. The summed E-state index contributed by atoms with van der Waals surface area (Å²) < 4.78 is 0. The molecule has 0 saturated carbocycles. The van der Waals surface area contributed by atoms with Gasteiger partial charge in [0.1, 0.15) is 0 Å². The van der Waals surface area contributed by atoms with E-state index in [2.05, 4.69) is 22.4 Å². The van der Waals surface area contributed by atoms with Crippen LogP contribution in [0.3, 0.4) is 0 Å². The van der Waals surface area contributed by atoms with Crippen LogP contribution in [0.2, 0.25) is 0 Å². The molecule has 86 valence electrons. The van der Waals surface area contributed by atoms with Crippen LogP contribution >= 0.6 is 0 Å². The molecular formula is C10H21N5. The standard InChI is InChI=1S/C10H21N5/c1-15-8-2-3-9(15)5-7(4-8)6-13-10(11)14-12/h7-9H,2-6,12H2,1H3,(H3,11,13,14). The van der Waals surface area contributed by atoms with Gasteiger partial charge in [0, 0.05) is 18.6 Å². The summed E-state index contributed by atoms with van der Waals surface area (Å²) in [6.45, 7) is 0.816. The molecule has 0 aromatic rings. The summed E-state index contributed by atoms with van der Waals surface area (Å²) in [7, 11) is 2.25. The number of nitrogens with one attached hydrogen (secondary N) is 1. The highest BCUT2D eigenvalue weighted by atomic mass is 15.3. The van der Waals surface area contributed by atoms with Gasteiger partial charge < -0.3 is 10.6 Å². The number of aliphatic imine (C=N–C) groups is 1. The molecule has 2 unspecified atom stereocenters. The highest BCUT2D eigenvalue weighted by molar-refractivity contribution is 5.77. The van der Waals surface area contributed by atoms with Crippen LogP contribution in [0, 0.1) is 5.92 Å². The lowest BCUT2D eigenvalue weighted by Crippen LogP contribution is -2.41. The molecule has 0 radical (unpaired) electrons. The van der Waals surface area contributed by atoms with Gasteiger partial charge >= 0.3 is 0 Å². The Balaban J connectivity index is 1.87. The molecule has 2 saturated heterocycles. The molecule has 2 fully saturated rings. The van der Waals surface area contributed by atoms with Gasteiger partial charge in [0.05, 0.1) is 0 Å². The smallest absolute Gasteiger partial charge is 0.203 e. The molecule has 5 N–H and O–H groups in total. The van der Waals surface area contributed by atoms with Crippen molar-refractivity contribution in [3.8, 4) is 0 Å². The summed E-state index contributed by atoms with van der Waals surface area (Å²) in [6, 6.07) is 1.55. The van der Waals surface area contributed by atoms with Crippen molar-refractivity contribution in [2.24, 2.45) is 22.5 Å². The summed E-state index contributed by atoms with van der Waals surface area (Å²) in [4.78, 5) is 6.76. The van der Waals surface area contributed by atoms with E-state index in [-0.39, 0.29) is 0 Å². The van der Waals surface area contributed by atoms with Crippen molar-refractivity contribution in [2.75, 3.05) is 13.6 Å². The van der Waals surface area contributed by atoms with Gasteiger partial charge in [0.2, 0.25) is 5.96 Å². The number of nitrogens with two attached hydrogens (primary N) is 2. The third kappa shape index (κ3) is 2.23. The van der Waals surface area contributed by atoms with Crippen molar-refractivity contribution < 1.29 is 0 Å². The minimum atomic E-state index is 0.348. The van der Waals surface area contributed by atoms with Gasteiger partial charge in [-0.25, -0.2) is 5.84 Å². The number of piperidine rings is 1. The van der Waals surface area contributed by atoms with Crippen molar-refractivity contribution >= 4 is 5.96 Å². The molecule has 0 aromatic heterocycles. The first-order valence-corrected chi connectivity index (χ1v) is 5.69. The Morgan fingerprint density at radius 1 is 1.40 bits per heavy atom. The molecule has 2 bridgehead atoms. The number of fused-ring (bicyclic) bond motifs is 2. The predicted octanol–water partition coefficient (Wildman–Crippen LogP) is -0.363. The highest BCUT2D eigenvalue weighted by Gasteiger charge is 2.37. The lowest BCUT2D eigenvalue weighted by Gasteiger charge is -2.35. The van der Waals surface area contributed by atoms with Crippen molar-refractivity contribution in [3.05, 3.63) is 0 Å². The number of nitrogens with zero attached hydrogens (tertiary/aromatic N) is 2. The van der Waals surface area contributed by atoms with Gasteiger partial charge in [-0.15, -0.1) is 0 Å². The molecule has 5 nitrogen and oxygen atoms in total. The first-order chi connectivity index (χ1) is 7.20. The van der Waals surface area contributed by atoms with Crippen LogP contribution < -0.4 is 17.0 Å². The van der Waals surface area contributed by atoms with Crippen molar-refractivity contribution in [1.82, 2.24) is 10.3 Å². The Labute approximate surface area is 90.9 Å². The monoisotopic (exact) mass is 211 g/mol. The zero-order valence-electron chi connectivity index (χ0n) is 9.32. The predicted molar refractivity (Wildman–Crippen MR) is 61.1 cm³/mol. The van der Waals surface area contributed by atoms with Gasteiger partial charge in [-0.3, -0.25) is 10.4 Å². The SMILES string of the molecule is CN1C2CCC1CC(CN=C(N)NN)C2. The Kier molecular flexibility index (Phi) is 3.11. The largest absolute Gasteiger partial charge is 0.369 e. The summed E-state index contributed by atoms with van der Waals surface area (Å²) >= 11 is 0. The molecule has 2 aliphatic rings. The molecule has 2 rings (SSSR count). The first-order valence-electron chi connectivity index (χ1n) is 5.69. The Morgan fingerprint density at radius 3 is 2.53 bits per heavy atom. The van der Waals surface area contributed by atoms with Crippen LogP contribution in [0.4, 0.5) is 0 Å². The minimum absolute atomic E-state index is 0.348. The van der Waals surface area contributed by atoms with Crippen molar-refractivity contribution in [3.63, 3.8) is 0 Å². The van der Waals surface area contributed by atoms with Gasteiger partial charge in [-0.2, -0.15) is 0 Å². The van der Waals surface area contributed by atoms with E-state index < -0.39 is 0 Å². The van der Waals surface area contributed by atoms with Crippen LogP contribution in [0.5, 0.6) is 0 Å². The zero-order valence-corrected chi connectivity index (χ0v) is 9.32. The Morgan fingerprint density at radius 2 is 2.00 bits per heavy atom. The first kappa shape index (κ1) is 10.7. The number of hydrogen-bond donors (Lipinski definition) is 3. The lowest BCUT2D eigenvalue weighted by molar-refractivity contribution is 0.137. The van der Waals surface area contributed by atoms with Crippen LogP contribution in [-0.4, -0.2) is 36.5 Å². The molecule has 0 spiro atoms. The van der Waals surface area contributed by atoms with E-state index in [9.17, 15) is 0 Å². The fraction of sp³-hybridized carbons (Fsp3) is 0.900. The molecule has 0 amide bonds. The van der Waals surface area contributed by atoms with Crippen LogP contribution in [0.1, 0.15) is 25.7 Å². The number of rotatable bonds is 2. The summed E-state index contributed by atoms with van der Waals surface area (Å²) in [6.07, 6.45) is 5.22. The quantitative estimate of drug-likeness (QED) is 0.252. The topological polar surface area (TPSA) is 79.7 Å². The van der Waals surface area contributed by atoms with Crippen LogP contribution in [0.15, 0.2) is 4.99 Å². The second kappa shape index (κ2) is 4.37. The van der Waals surface area contributed by atoms with Gasteiger partial charge in [-0.05, 0) is 38.6 Å². The lowest BCUT2D eigenvalue weighted by atomic mass is 9.91. The molecule has 0 aliphatic carbocycles. The van der Waals surface area contributed by atoms with E-state index in [0.29, 0.717) is 11.9 Å². The third-order valence-electron chi connectivity index (χ3n) is 3.86. The second-order valence-corrected chi connectivity index (χ2v) is 4.76. The molecule has 2 heterocycles. The fourth-order valence-electron chi connectivity index (χ4n) is 2.95. The van der Waals surface area contributed by atoms with E-state index in [1.54, 1.807) is 0 Å². The van der Waals surface area contributed by atoms with Crippen LogP contribution in [-0.2, 0) is 0 Å². The molecule has 15 heavy (non-hydrogen) atoms. The molecule has 2 aliphatic heterocycles. The summed E-state index contributed by atoms with van der Waals surface area (Å²) in [5, 5.41) is 0. The minimum Gasteiger partial charge on any atom is -0.369 e. The van der Waals surface area contributed by atoms with Crippen molar-refractivity contribution in [2.45, 2.75) is 37.8 Å². The maximum atomic E-state index is 5.51. The van der Waals surface area contributed by atoms with E-state index in [1.807, 2.05) is 0 Å². The van der Waals surface area contributed by atoms with E-state index >= 15 is 0 Å². The van der Waals surface area contributed by atoms with E-state index in [0.717, 1.165) is 18.6 Å². The van der Waals surface area contributed by atoms with Gasteiger partial charge in [0.25, 0.3) is 0 Å². The second-order valence-electron chi connectivity index (χ2n) is 4.76. The maximum absolute atomic E-state index is 5.51. The van der Waals surface area contributed by atoms with E-state index in [1.165, 1.54) is 25.7 Å². The molecule has 5 heteroatoms. The molecule has 2 atom stereocenters.